The number of nitrogens with two attached hydrogens (primary N) is 1. The number of aromatic amines is 1. The van der Waals surface area contributed by atoms with Crippen LogP contribution in [0.3, 0.4) is 0 Å². The summed E-state index contributed by atoms with van der Waals surface area (Å²) in [6.45, 7) is 1.95. The average molecular weight is 211 g/mol. The van der Waals surface area contributed by atoms with Crippen LogP contribution in [0.15, 0.2) is 6.20 Å². The third-order valence-corrected chi connectivity index (χ3v) is 2.36. The first-order chi connectivity index (χ1) is 7.13. The molecule has 0 saturated heterocycles. The highest BCUT2D eigenvalue weighted by molar-refractivity contribution is 5.69. The highest BCUT2D eigenvalue weighted by Crippen LogP contribution is 2.08. The predicted octanol–water partition coefficient (Wildman–Crippen LogP) is 0.541. The van der Waals surface area contributed by atoms with E-state index < -0.39 is 0 Å². The Bertz CT molecular complexity index is 322. The van der Waals surface area contributed by atoms with Crippen molar-refractivity contribution < 1.29 is 9.53 Å². The molecular weight excluding hydrogens is 194 g/mol. The minimum absolute atomic E-state index is 0.0274. The lowest BCUT2D eigenvalue weighted by atomic mass is 10.0. The summed E-state index contributed by atoms with van der Waals surface area (Å²) in [7, 11) is 1.38. The number of hydrogen-bond acceptors (Lipinski definition) is 4. The van der Waals surface area contributed by atoms with Crippen molar-refractivity contribution in [3.63, 3.8) is 0 Å². The summed E-state index contributed by atoms with van der Waals surface area (Å²) in [5.74, 6) is -0.214. The minimum Gasteiger partial charge on any atom is -0.469 e. The fourth-order valence-electron chi connectivity index (χ4n) is 1.37. The first-order valence-corrected chi connectivity index (χ1v) is 4.94. The Kier molecular flexibility index (Phi) is 4.30. The second kappa shape index (κ2) is 5.50. The number of aryl methyl sites for hydroxylation is 1. The molecule has 0 radical (unpaired) electrons. The monoisotopic (exact) mass is 211 g/mol. The molecule has 5 nitrogen and oxygen atoms in total. The van der Waals surface area contributed by atoms with Gasteiger partial charge in [0.25, 0.3) is 0 Å². The van der Waals surface area contributed by atoms with Crippen LogP contribution in [-0.2, 0) is 16.0 Å². The summed E-state index contributed by atoms with van der Waals surface area (Å²) in [4.78, 5) is 10.9. The Labute approximate surface area is 89.0 Å². The number of rotatable bonds is 5. The molecule has 1 rings (SSSR count). The molecule has 0 aromatic carbocycles. The van der Waals surface area contributed by atoms with Crippen molar-refractivity contribution in [2.24, 2.45) is 5.73 Å². The molecule has 0 fully saturated rings. The molecule has 15 heavy (non-hydrogen) atoms. The number of aromatic nitrogens is 2. The maximum Gasteiger partial charge on any atom is 0.305 e. The molecule has 0 bridgehead atoms. The van der Waals surface area contributed by atoms with E-state index in [4.69, 9.17) is 5.73 Å². The Morgan fingerprint density at radius 2 is 2.47 bits per heavy atom. The zero-order valence-corrected chi connectivity index (χ0v) is 9.12. The number of ether oxygens (including phenoxy) is 1. The Morgan fingerprint density at radius 3 is 3.00 bits per heavy atom. The van der Waals surface area contributed by atoms with Crippen LogP contribution in [0.5, 0.6) is 0 Å². The Morgan fingerprint density at radius 1 is 1.73 bits per heavy atom. The van der Waals surface area contributed by atoms with E-state index in [1.165, 1.54) is 7.11 Å². The molecule has 1 heterocycles. The van der Waals surface area contributed by atoms with E-state index in [1.54, 1.807) is 6.20 Å². The van der Waals surface area contributed by atoms with Gasteiger partial charge in [-0.25, -0.2) is 0 Å². The maximum absolute atomic E-state index is 10.9. The second-order valence-electron chi connectivity index (χ2n) is 3.60. The number of nitrogens with one attached hydrogen (secondary N) is 1. The van der Waals surface area contributed by atoms with E-state index in [1.807, 2.05) is 6.92 Å². The number of carbonyl (C=O) groups excluding carboxylic acids is 1. The molecule has 0 aliphatic rings. The number of carbonyl (C=O) groups is 1. The molecule has 0 amide bonds. The predicted molar refractivity (Wildman–Crippen MR) is 56.3 cm³/mol. The second-order valence-corrected chi connectivity index (χ2v) is 3.60. The molecule has 0 aliphatic carbocycles. The van der Waals surface area contributed by atoms with E-state index in [2.05, 4.69) is 14.9 Å². The summed E-state index contributed by atoms with van der Waals surface area (Å²) in [5.41, 5.74) is 8.02. The van der Waals surface area contributed by atoms with Crippen LogP contribution >= 0.6 is 0 Å². The van der Waals surface area contributed by atoms with Crippen molar-refractivity contribution in [3.8, 4) is 0 Å². The van der Waals surface area contributed by atoms with E-state index in [-0.39, 0.29) is 12.0 Å². The van der Waals surface area contributed by atoms with Crippen molar-refractivity contribution in [2.75, 3.05) is 7.11 Å². The summed E-state index contributed by atoms with van der Waals surface area (Å²) in [6.07, 6.45) is 3.51. The average Bonchev–Trinajstić information content (AvgIpc) is 2.61. The first kappa shape index (κ1) is 11.7. The third-order valence-electron chi connectivity index (χ3n) is 2.36. The van der Waals surface area contributed by atoms with Crippen LogP contribution < -0.4 is 5.73 Å². The smallest absolute Gasteiger partial charge is 0.305 e. The standard InChI is InChI=1S/C10H17N3O2/c1-7-8(6-12-13-7)5-9(11)3-4-10(14)15-2/h6,9H,3-5,11H2,1-2H3,(H,12,13). The molecule has 0 aliphatic heterocycles. The summed E-state index contributed by atoms with van der Waals surface area (Å²) in [5, 5.41) is 6.77. The number of H-pyrrole nitrogens is 1. The Hall–Kier alpha value is -1.36. The van der Waals surface area contributed by atoms with Crippen LogP contribution in [0.2, 0.25) is 0 Å². The minimum atomic E-state index is -0.214. The third kappa shape index (κ3) is 3.71. The normalized spacial score (nSPS) is 12.5. The summed E-state index contributed by atoms with van der Waals surface area (Å²) in [6, 6.07) is -0.0274. The van der Waals surface area contributed by atoms with Crippen LogP contribution in [0.25, 0.3) is 0 Å². The first-order valence-electron chi connectivity index (χ1n) is 4.94. The molecule has 1 atom stereocenters. The van der Waals surface area contributed by atoms with Gasteiger partial charge in [-0.05, 0) is 25.3 Å². The summed E-state index contributed by atoms with van der Waals surface area (Å²) >= 11 is 0. The molecule has 84 valence electrons. The van der Waals surface area contributed by atoms with Gasteiger partial charge in [0.05, 0.1) is 13.3 Å². The van der Waals surface area contributed by atoms with Gasteiger partial charge in [0.15, 0.2) is 0 Å². The van der Waals surface area contributed by atoms with Crippen molar-refractivity contribution in [1.82, 2.24) is 10.2 Å². The molecule has 1 aromatic rings. The largest absolute Gasteiger partial charge is 0.469 e. The van der Waals surface area contributed by atoms with Crippen molar-refractivity contribution >= 4 is 5.97 Å². The van der Waals surface area contributed by atoms with E-state index >= 15 is 0 Å². The van der Waals surface area contributed by atoms with Crippen molar-refractivity contribution in [2.45, 2.75) is 32.2 Å². The maximum atomic E-state index is 10.9. The van der Waals surface area contributed by atoms with Gasteiger partial charge in [-0.15, -0.1) is 0 Å². The van der Waals surface area contributed by atoms with Crippen LogP contribution in [0, 0.1) is 6.92 Å². The van der Waals surface area contributed by atoms with Crippen LogP contribution in [0.1, 0.15) is 24.1 Å². The highest BCUT2D eigenvalue weighted by Gasteiger charge is 2.10. The van der Waals surface area contributed by atoms with Gasteiger partial charge in [0.2, 0.25) is 0 Å². The van der Waals surface area contributed by atoms with Crippen molar-refractivity contribution in [3.05, 3.63) is 17.5 Å². The molecule has 3 N–H and O–H groups in total. The van der Waals surface area contributed by atoms with Gasteiger partial charge in [0.1, 0.15) is 0 Å². The molecule has 5 heteroatoms. The van der Waals surface area contributed by atoms with Gasteiger partial charge in [-0.1, -0.05) is 0 Å². The van der Waals surface area contributed by atoms with E-state index in [0.29, 0.717) is 12.8 Å². The van der Waals surface area contributed by atoms with E-state index in [9.17, 15) is 4.79 Å². The topological polar surface area (TPSA) is 81.0 Å². The van der Waals surface area contributed by atoms with Crippen molar-refractivity contribution in [1.29, 1.82) is 0 Å². The lowest BCUT2D eigenvalue weighted by Gasteiger charge is -2.09. The zero-order chi connectivity index (χ0) is 11.3. The van der Waals surface area contributed by atoms with Gasteiger partial charge in [-0.2, -0.15) is 5.10 Å². The van der Waals surface area contributed by atoms with E-state index in [0.717, 1.165) is 17.7 Å². The lowest BCUT2D eigenvalue weighted by Crippen LogP contribution is -2.24. The van der Waals surface area contributed by atoms with Gasteiger partial charge in [0, 0.05) is 18.2 Å². The highest BCUT2D eigenvalue weighted by atomic mass is 16.5. The fourth-order valence-corrected chi connectivity index (χ4v) is 1.37. The zero-order valence-electron chi connectivity index (χ0n) is 9.12. The van der Waals surface area contributed by atoms with Crippen LogP contribution in [-0.4, -0.2) is 29.3 Å². The SMILES string of the molecule is COC(=O)CCC(N)Cc1cn[nH]c1C. The Balaban J connectivity index is 2.33. The molecular formula is C10H17N3O2. The molecule has 1 unspecified atom stereocenters. The van der Waals surface area contributed by atoms with Gasteiger partial charge >= 0.3 is 5.97 Å². The number of esters is 1. The van der Waals surface area contributed by atoms with Gasteiger partial charge < -0.3 is 10.5 Å². The molecule has 0 saturated carbocycles. The quantitative estimate of drug-likeness (QED) is 0.696. The molecule has 0 spiro atoms. The molecule has 1 aromatic heterocycles. The number of nitrogens with zero attached hydrogens (tertiary/aromatic N) is 1. The lowest BCUT2D eigenvalue weighted by molar-refractivity contribution is -0.140. The van der Waals surface area contributed by atoms with Crippen LogP contribution in [0.4, 0.5) is 0 Å². The summed E-state index contributed by atoms with van der Waals surface area (Å²) < 4.78 is 4.55. The fraction of sp³-hybridized carbons (Fsp3) is 0.600. The van der Waals surface area contributed by atoms with Gasteiger partial charge in [-0.3, -0.25) is 9.89 Å². The number of hydrogen-bond donors (Lipinski definition) is 2. The number of methoxy groups -OCH3 is 1.